The highest BCUT2D eigenvalue weighted by Gasteiger charge is 2.52. The van der Waals surface area contributed by atoms with Crippen molar-refractivity contribution < 1.29 is 42.9 Å². The summed E-state index contributed by atoms with van der Waals surface area (Å²) in [5, 5.41) is 6.77. The van der Waals surface area contributed by atoms with E-state index in [1.165, 1.54) is 24.3 Å². The number of hydrogen-bond acceptors (Lipinski definition) is 13. The van der Waals surface area contributed by atoms with Crippen LogP contribution in [0.1, 0.15) is 44.2 Å². The molecule has 1 aliphatic rings. The molecule has 4 atom stereocenters. The van der Waals surface area contributed by atoms with Gasteiger partial charge in [-0.3, -0.25) is 4.79 Å². The first-order valence-electron chi connectivity index (χ1n) is 14.6. The van der Waals surface area contributed by atoms with Crippen LogP contribution in [0.2, 0.25) is 0 Å². The summed E-state index contributed by atoms with van der Waals surface area (Å²) in [4.78, 5) is 68.2. The molecule has 1 fully saturated rings. The largest absolute Gasteiger partial charge is 0.465 e. The second kappa shape index (κ2) is 15.4. The number of nitrogens with zero attached hydrogens (tertiary/aromatic N) is 3. The van der Waals surface area contributed by atoms with Gasteiger partial charge in [-0.05, 0) is 43.3 Å². The molecule has 1 aromatic heterocycles. The van der Waals surface area contributed by atoms with Gasteiger partial charge in [0.05, 0.1) is 29.5 Å². The summed E-state index contributed by atoms with van der Waals surface area (Å²) in [6, 6.07) is 24.3. The minimum absolute atomic E-state index is 0.0319. The quantitative estimate of drug-likeness (QED) is 0.177. The van der Waals surface area contributed by atoms with Gasteiger partial charge < -0.3 is 29.0 Å². The van der Waals surface area contributed by atoms with E-state index in [9.17, 15) is 24.0 Å². The van der Waals surface area contributed by atoms with Crippen LogP contribution in [0.5, 0.6) is 0 Å². The van der Waals surface area contributed by atoms with Gasteiger partial charge in [0.15, 0.2) is 24.3 Å². The van der Waals surface area contributed by atoms with Crippen molar-refractivity contribution in [2.75, 3.05) is 25.1 Å². The van der Waals surface area contributed by atoms with Crippen molar-refractivity contribution in [1.29, 1.82) is 0 Å². The Bertz CT molecular complexity index is 1750. The zero-order chi connectivity index (χ0) is 33.2. The molecule has 0 amide bonds. The highest BCUT2D eigenvalue weighted by Crippen LogP contribution is 2.34. The number of esters is 4. The van der Waals surface area contributed by atoms with Gasteiger partial charge in [0.1, 0.15) is 19.3 Å². The van der Waals surface area contributed by atoms with Crippen LogP contribution in [-0.2, 0) is 28.5 Å². The summed E-state index contributed by atoms with van der Waals surface area (Å²) in [7, 11) is 0. The summed E-state index contributed by atoms with van der Waals surface area (Å²) in [6.45, 7) is 1.11. The van der Waals surface area contributed by atoms with E-state index in [2.05, 4.69) is 15.4 Å². The maximum atomic E-state index is 13.3. The van der Waals surface area contributed by atoms with Crippen molar-refractivity contribution in [2.24, 2.45) is 0 Å². The minimum atomic E-state index is -1.48. The molecule has 0 bridgehead atoms. The van der Waals surface area contributed by atoms with Gasteiger partial charge in [-0.1, -0.05) is 54.6 Å². The second-order valence-corrected chi connectivity index (χ2v) is 10.0. The van der Waals surface area contributed by atoms with Crippen LogP contribution < -0.4 is 11.0 Å². The van der Waals surface area contributed by atoms with Crippen LogP contribution in [0.4, 0.5) is 5.82 Å². The lowest BCUT2D eigenvalue weighted by Crippen LogP contribution is -2.43. The molecule has 5 rings (SSSR count). The third-order valence-corrected chi connectivity index (χ3v) is 6.86. The number of hydrogen-bond donors (Lipinski definition) is 1. The third kappa shape index (κ3) is 8.23. The van der Waals surface area contributed by atoms with Crippen molar-refractivity contribution in [1.82, 2.24) is 14.8 Å². The van der Waals surface area contributed by atoms with Crippen molar-refractivity contribution in [2.45, 2.75) is 31.5 Å². The van der Waals surface area contributed by atoms with E-state index in [0.717, 1.165) is 10.9 Å². The molecule has 0 spiro atoms. The van der Waals surface area contributed by atoms with Gasteiger partial charge in [-0.25, -0.2) is 19.2 Å². The Balaban J connectivity index is 1.47. The minimum Gasteiger partial charge on any atom is -0.465 e. The maximum absolute atomic E-state index is 13.3. The fourth-order valence-electron chi connectivity index (χ4n) is 4.64. The average Bonchev–Trinajstić information content (AvgIpc) is 3.43. The Morgan fingerprint density at radius 2 is 1.30 bits per heavy atom. The van der Waals surface area contributed by atoms with Gasteiger partial charge in [0.2, 0.25) is 0 Å². The molecular formula is C33H30N4O10. The molecule has 14 heteroatoms. The van der Waals surface area contributed by atoms with Gasteiger partial charge in [0.25, 0.3) is 0 Å². The number of anilines is 1. The van der Waals surface area contributed by atoms with E-state index in [1.807, 2.05) is 0 Å². The highest BCUT2D eigenvalue weighted by atomic mass is 16.7. The number of carbonyl (C=O) groups is 4. The monoisotopic (exact) mass is 642 g/mol. The Morgan fingerprint density at radius 3 is 1.83 bits per heavy atom. The van der Waals surface area contributed by atoms with Crippen LogP contribution in [0.15, 0.2) is 102 Å². The average molecular weight is 643 g/mol. The van der Waals surface area contributed by atoms with E-state index in [-0.39, 0.29) is 35.7 Å². The molecule has 47 heavy (non-hydrogen) atoms. The molecule has 14 nitrogen and oxygen atoms in total. The summed E-state index contributed by atoms with van der Waals surface area (Å²) in [5.41, 5.74) is -0.312. The maximum Gasteiger partial charge on any atom is 0.368 e. The second-order valence-electron chi connectivity index (χ2n) is 10.0. The Labute approximate surface area is 268 Å². The molecule has 4 aromatic rings. The molecule has 0 aliphatic carbocycles. The fourth-order valence-corrected chi connectivity index (χ4v) is 4.64. The Hall–Kier alpha value is -5.89. The lowest BCUT2D eigenvalue weighted by Gasteiger charge is -2.24. The number of aromatic nitrogens is 3. The van der Waals surface area contributed by atoms with Gasteiger partial charge in [0, 0.05) is 0 Å². The molecule has 3 aromatic carbocycles. The first kappa shape index (κ1) is 32.5. The van der Waals surface area contributed by atoms with Gasteiger partial charge in [-0.2, -0.15) is 14.8 Å². The number of benzene rings is 3. The normalized spacial score (nSPS) is 18.5. The smallest absolute Gasteiger partial charge is 0.368 e. The van der Waals surface area contributed by atoms with Crippen molar-refractivity contribution in [3.05, 3.63) is 124 Å². The highest BCUT2D eigenvalue weighted by molar-refractivity contribution is 5.91. The molecular weight excluding hydrogens is 612 g/mol. The topological polar surface area (TPSA) is 174 Å². The fraction of sp³-hybridized carbons (Fsp3) is 0.242. The van der Waals surface area contributed by atoms with Crippen LogP contribution in [-0.4, -0.2) is 76.7 Å². The zero-order valence-electron chi connectivity index (χ0n) is 25.1. The zero-order valence-corrected chi connectivity index (χ0v) is 25.1. The molecule has 0 saturated carbocycles. The SMILES string of the molecule is CCOC(=O)CNc1cnn([C@H]2O[C@@H](COC(=O)c3ccccc3)[C@@H](OC(=O)c3ccccc3)[C@@H]2OC(=O)c2ccccc2)c(=O)n1. The Morgan fingerprint density at radius 1 is 0.766 bits per heavy atom. The predicted molar refractivity (Wildman–Crippen MR) is 163 cm³/mol. The van der Waals surface area contributed by atoms with Crippen LogP contribution in [0.3, 0.4) is 0 Å². The molecule has 1 saturated heterocycles. The van der Waals surface area contributed by atoms with Gasteiger partial charge >= 0.3 is 29.6 Å². The van der Waals surface area contributed by atoms with E-state index < -0.39 is 60.7 Å². The number of ether oxygens (including phenoxy) is 5. The molecule has 1 N–H and O–H groups in total. The predicted octanol–water partition coefficient (Wildman–Crippen LogP) is 2.82. The first-order valence-corrected chi connectivity index (χ1v) is 14.6. The molecule has 242 valence electrons. The molecule has 0 radical (unpaired) electrons. The summed E-state index contributed by atoms with van der Waals surface area (Å²) >= 11 is 0. The first-order chi connectivity index (χ1) is 22.8. The summed E-state index contributed by atoms with van der Waals surface area (Å²) in [5.74, 6) is -2.87. The van der Waals surface area contributed by atoms with E-state index in [4.69, 9.17) is 23.7 Å². The molecule has 1 aliphatic heterocycles. The van der Waals surface area contributed by atoms with Gasteiger partial charge in [-0.15, -0.1) is 0 Å². The van der Waals surface area contributed by atoms with E-state index in [1.54, 1.807) is 73.7 Å². The van der Waals surface area contributed by atoms with E-state index in [0.29, 0.717) is 0 Å². The van der Waals surface area contributed by atoms with Crippen LogP contribution in [0, 0.1) is 0 Å². The van der Waals surface area contributed by atoms with Crippen molar-refractivity contribution in [3.8, 4) is 0 Å². The third-order valence-electron chi connectivity index (χ3n) is 6.86. The van der Waals surface area contributed by atoms with E-state index >= 15 is 0 Å². The standard InChI is InChI=1S/C33H30N4O10/c1-2-43-26(38)19-34-25-18-35-37(33(42)36-25)29-28(47-32(41)23-16-10-5-11-17-23)27(46-31(40)22-14-8-4-9-15-22)24(45-29)20-44-30(39)21-12-6-3-7-13-21/h3-18,24,27-29H,2,19-20H2,1H3,(H,34,36,42)/t24-,27+,28-,29-/m0/s1. The van der Waals surface area contributed by atoms with Crippen LogP contribution >= 0.6 is 0 Å². The van der Waals surface area contributed by atoms with Crippen LogP contribution in [0.25, 0.3) is 0 Å². The van der Waals surface area contributed by atoms with Crippen molar-refractivity contribution in [3.63, 3.8) is 0 Å². The Kier molecular flexibility index (Phi) is 10.7. The number of nitrogens with one attached hydrogen (secondary N) is 1. The molecule has 0 unspecified atom stereocenters. The lowest BCUT2D eigenvalue weighted by atomic mass is 10.1. The summed E-state index contributed by atoms with van der Waals surface area (Å²) < 4.78 is 29.0. The molecule has 2 heterocycles. The number of carbonyl (C=O) groups excluding carboxylic acids is 4. The summed E-state index contributed by atoms with van der Waals surface area (Å²) in [6.07, 6.45) is -4.37. The number of rotatable bonds is 12. The lowest BCUT2D eigenvalue weighted by molar-refractivity contribution is -0.140. The van der Waals surface area contributed by atoms with Crippen molar-refractivity contribution >= 4 is 29.7 Å².